The SMILES string of the molecule is CCNC(=O)[C@H](Cc1ccccc1)N(Cc1ccccc1Cl)C(=O)CSCc1ccc(Cl)cc1. The summed E-state index contributed by atoms with van der Waals surface area (Å²) < 4.78 is 0. The predicted molar refractivity (Wildman–Crippen MR) is 142 cm³/mol. The van der Waals surface area contributed by atoms with Gasteiger partial charge in [0.2, 0.25) is 11.8 Å². The molecule has 0 spiro atoms. The van der Waals surface area contributed by atoms with Crippen molar-refractivity contribution in [3.05, 3.63) is 106 Å². The fourth-order valence-corrected chi connectivity index (χ4v) is 4.77. The van der Waals surface area contributed by atoms with Crippen molar-refractivity contribution in [2.75, 3.05) is 12.3 Å². The number of amides is 2. The second kappa shape index (κ2) is 13.4. The van der Waals surface area contributed by atoms with E-state index in [4.69, 9.17) is 23.2 Å². The van der Waals surface area contributed by atoms with Crippen LogP contribution in [0.15, 0.2) is 78.9 Å². The van der Waals surface area contributed by atoms with Crippen LogP contribution in [0.4, 0.5) is 0 Å². The van der Waals surface area contributed by atoms with Crippen molar-refractivity contribution in [2.45, 2.75) is 31.7 Å². The molecule has 0 saturated heterocycles. The van der Waals surface area contributed by atoms with Crippen LogP contribution in [0.3, 0.4) is 0 Å². The summed E-state index contributed by atoms with van der Waals surface area (Å²) in [5, 5.41) is 4.16. The van der Waals surface area contributed by atoms with E-state index in [0.29, 0.717) is 28.8 Å². The van der Waals surface area contributed by atoms with Gasteiger partial charge < -0.3 is 10.2 Å². The first-order valence-corrected chi connectivity index (χ1v) is 13.1. The van der Waals surface area contributed by atoms with Crippen LogP contribution in [-0.2, 0) is 28.3 Å². The van der Waals surface area contributed by atoms with Crippen molar-refractivity contribution < 1.29 is 9.59 Å². The highest BCUT2D eigenvalue weighted by Crippen LogP contribution is 2.22. The van der Waals surface area contributed by atoms with Crippen molar-refractivity contribution in [3.63, 3.8) is 0 Å². The summed E-state index contributed by atoms with van der Waals surface area (Å²) in [5.41, 5.74) is 2.89. The summed E-state index contributed by atoms with van der Waals surface area (Å²) in [5.74, 6) is 0.644. The third kappa shape index (κ3) is 7.79. The summed E-state index contributed by atoms with van der Waals surface area (Å²) >= 11 is 13.9. The van der Waals surface area contributed by atoms with Crippen LogP contribution in [-0.4, -0.2) is 35.1 Å². The van der Waals surface area contributed by atoms with Crippen LogP contribution < -0.4 is 5.32 Å². The number of carbonyl (C=O) groups excluding carboxylic acids is 2. The molecule has 178 valence electrons. The van der Waals surface area contributed by atoms with E-state index in [2.05, 4.69) is 5.32 Å². The maximum absolute atomic E-state index is 13.5. The Kier molecular flexibility index (Phi) is 10.3. The number of thioether (sulfide) groups is 1. The van der Waals surface area contributed by atoms with E-state index < -0.39 is 6.04 Å². The lowest BCUT2D eigenvalue weighted by Gasteiger charge is -2.31. The van der Waals surface area contributed by atoms with Crippen molar-refractivity contribution >= 4 is 46.8 Å². The van der Waals surface area contributed by atoms with Gasteiger partial charge in [-0.2, -0.15) is 0 Å². The molecule has 0 aliphatic rings. The first-order chi connectivity index (χ1) is 16.5. The molecule has 0 fully saturated rings. The molecule has 2 amide bonds. The highest BCUT2D eigenvalue weighted by atomic mass is 35.5. The molecule has 0 heterocycles. The molecule has 0 saturated carbocycles. The van der Waals surface area contributed by atoms with E-state index in [1.165, 1.54) is 11.8 Å². The number of likely N-dealkylation sites (N-methyl/N-ethyl adjacent to an activating group) is 1. The Morgan fingerprint density at radius 2 is 1.59 bits per heavy atom. The standard InChI is InChI=1S/C27H28Cl2N2O2S/c1-2-30-27(33)25(16-20-8-4-3-5-9-20)31(17-22-10-6-7-11-24(22)29)26(32)19-34-18-21-12-14-23(28)15-13-21/h3-15,25H,2,16-19H2,1H3,(H,30,33)/t25-/m0/s1. The largest absolute Gasteiger partial charge is 0.355 e. The Morgan fingerprint density at radius 3 is 2.26 bits per heavy atom. The molecular weight excluding hydrogens is 487 g/mol. The van der Waals surface area contributed by atoms with Gasteiger partial charge in [-0.1, -0.05) is 83.9 Å². The summed E-state index contributed by atoms with van der Waals surface area (Å²) in [6.07, 6.45) is 0.421. The quantitative estimate of drug-likeness (QED) is 0.341. The minimum absolute atomic E-state index is 0.105. The Morgan fingerprint density at radius 1 is 0.912 bits per heavy atom. The number of benzene rings is 3. The van der Waals surface area contributed by atoms with Gasteiger partial charge in [-0.05, 0) is 41.8 Å². The fourth-order valence-electron chi connectivity index (χ4n) is 3.58. The molecule has 4 nitrogen and oxygen atoms in total. The zero-order chi connectivity index (χ0) is 24.3. The molecule has 3 aromatic carbocycles. The number of rotatable bonds is 11. The third-order valence-electron chi connectivity index (χ3n) is 5.33. The number of nitrogens with one attached hydrogen (secondary N) is 1. The second-order valence-electron chi connectivity index (χ2n) is 7.83. The van der Waals surface area contributed by atoms with Gasteiger partial charge in [0.15, 0.2) is 0 Å². The summed E-state index contributed by atoms with van der Waals surface area (Å²) in [6.45, 7) is 2.62. The van der Waals surface area contributed by atoms with Gasteiger partial charge in [-0.25, -0.2) is 0 Å². The Labute approximate surface area is 215 Å². The average Bonchev–Trinajstić information content (AvgIpc) is 2.84. The monoisotopic (exact) mass is 514 g/mol. The molecule has 0 aliphatic heterocycles. The van der Waals surface area contributed by atoms with Gasteiger partial charge in [-0.3, -0.25) is 9.59 Å². The molecule has 7 heteroatoms. The lowest BCUT2D eigenvalue weighted by molar-refractivity contribution is -0.139. The van der Waals surface area contributed by atoms with Gasteiger partial charge in [0.05, 0.1) is 5.75 Å². The van der Waals surface area contributed by atoms with Gasteiger partial charge >= 0.3 is 0 Å². The molecule has 0 unspecified atom stereocenters. The number of hydrogen-bond acceptors (Lipinski definition) is 3. The maximum Gasteiger partial charge on any atom is 0.243 e. The Hall–Kier alpha value is -2.47. The zero-order valence-corrected chi connectivity index (χ0v) is 21.4. The van der Waals surface area contributed by atoms with Crippen LogP contribution in [0, 0.1) is 0 Å². The topological polar surface area (TPSA) is 49.4 Å². The van der Waals surface area contributed by atoms with Gasteiger partial charge in [0.1, 0.15) is 6.04 Å². The van der Waals surface area contributed by atoms with Gasteiger partial charge in [0, 0.05) is 35.3 Å². The first-order valence-electron chi connectivity index (χ1n) is 11.1. The van der Waals surface area contributed by atoms with Crippen molar-refractivity contribution in [1.29, 1.82) is 0 Å². The average molecular weight is 516 g/mol. The molecule has 1 N–H and O–H groups in total. The van der Waals surface area contributed by atoms with Gasteiger partial charge in [0.25, 0.3) is 0 Å². The van der Waals surface area contributed by atoms with Crippen molar-refractivity contribution in [2.24, 2.45) is 0 Å². The Balaban J connectivity index is 1.82. The lowest BCUT2D eigenvalue weighted by Crippen LogP contribution is -2.51. The van der Waals surface area contributed by atoms with E-state index in [-0.39, 0.29) is 24.1 Å². The number of hydrogen-bond donors (Lipinski definition) is 1. The summed E-state index contributed by atoms with van der Waals surface area (Å²) in [4.78, 5) is 28.3. The normalized spacial score (nSPS) is 11.6. The summed E-state index contributed by atoms with van der Waals surface area (Å²) in [6, 6.07) is 24.1. The van der Waals surface area contributed by atoms with Crippen LogP contribution in [0.25, 0.3) is 0 Å². The molecule has 3 aromatic rings. The number of nitrogens with zero attached hydrogens (tertiary/aromatic N) is 1. The molecule has 0 aliphatic carbocycles. The molecule has 1 atom stereocenters. The predicted octanol–water partition coefficient (Wildman–Crippen LogP) is 6.00. The van der Waals surface area contributed by atoms with E-state index in [1.54, 1.807) is 11.0 Å². The van der Waals surface area contributed by atoms with Crippen LogP contribution in [0.1, 0.15) is 23.6 Å². The van der Waals surface area contributed by atoms with Crippen LogP contribution in [0.2, 0.25) is 10.0 Å². The highest BCUT2D eigenvalue weighted by molar-refractivity contribution is 7.99. The van der Waals surface area contributed by atoms with E-state index in [9.17, 15) is 9.59 Å². The minimum atomic E-state index is -0.651. The lowest BCUT2D eigenvalue weighted by atomic mass is 10.0. The van der Waals surface area contributed by atoms with E-state index in [1.807, 2.05) is 79.7 Å². The second-order valence-corrected chi connectivity index (χ2v) is 9.66. The molecule has 0 radical (unpaired) electrons. The van der Waals surface area contributed by atoms with Crippen LogP contribution >= 0.6 is 35.0 Å². The smallest absolute Gasteiger partial charge is 0.243 e. The molecular formula is C27H28Cl2N2O2S. The van der Waals surface area contributed by atoms with E-state index >= 15 is 0 Å². The van der Waals surface area contributed by atoms with Crippen molar-refractivity contribution in [3.8, 4) is 0 Å². The highest BCUT2D eigenvalue weighted by Gasteiger charge is 2.30. The third-order valence-corrected chi connectivity index (χ3v) is 6.94. The zero-order valence-electron chi connectivity index (χ0n) is 19.0. The fraction of sp³-hybridized carbons (Fsp3) is 0.259. The molecule has 34 heavy (non-hydrogen) atoms. The number of halogens is 2. The van der Waals surface area contributed by atoms with Gasteiger partial charge in [-0.15, -0.1) is 11.8 Å². The molecule has 3 rings (SSSR count). The van der Waals surface area contributed by atoms with E-state index in [0.717, 1.165) is 16.7 Å². The first kappa shape index (κ1) is 26.1. The van der Waals surface area contributed by atoms with Crippen molar-refractivity contribution in [1.82, 2.24) is 10.2 Å². The summed E-state index contributed by atoms with van der Waals surface area (Å²) in [7, 11) is 0. The number of carbonyl (C=O) groups is 2. The minimum Gasteiger partial charge on any atom is -0.355 e. The van der Waals surface area contributed by atoms with Crippen LogP contribution in [0.5, 0.6) is 0 Å². The molecule has 0 bridgehead atoms. The molecule has 0 aromatic heterocycles. The Bertz CT molecular complexity index is 1080. The maximum atomic E-state index is 13.5.